The zero-order valence-corrected chi connectivity index (χ0v) is 16.6. The lowest BCUT2D eigenvalue weighted by molar-refractivity contribution is 0.691. The Kier molecular flexibility index (Phi) is 4.84. The molecule has 3 aromatic heterocycles. The second-order valence-corrected chi connectivity index (χ2v) is 7.08. The number of aryl methyl sites for hydroxylation is 2. The van der Waals surface area contributed by atoms with Crippen LogP contribution in [-0.4, -0.2) is 30.2 Å². The molecule has 0 aliphatic carbocycles. The van der Waals surface area contributed by atoms with Crippen molar-refractivity contribution in [2.75, 3.05) is 11.9 Å². The van der Waals surface area contributed by atoms with Gasteiger partial charge in [-0.15, -0.1) is 6.58 Å². The van der Waals surface area contributed by atoms with E-state index in [1.54, 1.807) is 13.1 Å². The molecule has 0 radical (unpaired) electrons. The summed E-state index contributed by atoms with van der Waals surface area (Å²) in [4.78, 5) is 32.9. The van der Waals surface area contributed by atoms with E-state index in [0.29, 0.717) is 36.6 Å². The number of nitrogens with zero attached hydrogens (tertiary/aromatic N) is 4. The molecule has 0 fully saturated rings. The summed E-state index contributed by atoms with van der Waals surface area (Å²) in [6.07, 6.45) is 5.31. The first kappa shape index (κ1) is 18.8. The summed E-state index contributed by atoms with van der Waals surface area (Å²) >= 11 is 0. The monoisotopic (exact) mass is 392 g/mol. The molecule has 1 aromatic carbocycles. The average molecular weight is 392 g/mol. The third-order valence-electron chi connectivity index (χ3n) is 5.26. The van der Waals surface area contributed by atoms with Gasteiger partial charge in [0.15, 0.2) is 11.2 Å². The van der Waals surface area contributed by atoms with Crippen molar-refractivity contribution in [1.29, 1.82) is 0 Å². The Balaban J connectivity index is 1.68. The molecule has 0 unspecified atom stereocenters. The first-order valence-corrected chi connectivity index (χ1v) is 9.59. The van der Waals surface area contributed by atoms with E-state index in [9.17, 15) is 9.59 Å². The number of H-pyrrole nitrogens is 1. The van der Waals surface area contributed by atoms with E-state index in [-0.39, 0.29) is 11.2 Å². The fraction of sp³-hybridized carbons (Fsp3) is 0.286. The molecule has 8 heteroatoms. The van der Waals surface area contributed by atoms with E-state index in [1.165, 1.54) is 22.6 Å². The van der Waals surface area contributed by atoms with Crippen LogP contribution in [0.25, 0.3) is 22.1 Å². The minimum atomic E-state index is -0.388. The molecule has 0 spiro atoms. The molecule has 150 valence electrons. The first-order chi connectivity index (χ1) is 14.0. The van der Waals surface area contributed by atoms with Gasteiger partial charge in [0.1, 0.15) is 0 Å². The van der Waals surface area contributed by atoms with Crippen molar-refractivity contribution in [3.05, 3.63) is 69.5 Å². The molecule has 8 nitrogen and oxygen atoms in total. The lowest BCUT2D eigenvalue weighted by atomic mass is 10.1. The van der Waals surface area contributed by atoms with Gasteiger partial charge < -0.3 is 14.9 Å². The molecule has 0 bridgehead atoms. The van der Waals surface area contributed by atoms with E-state index in [2.05, 4.69) is 34.0 Å². The smallest absolute Gasteiger partial charge is 0.332 e. The third kappa shape index (κ3) is 3.16. The van der Waals surface area contributed by atoms with Crippen LogP contribution < -0.4 is 16.6 Å². The van der Waals surface area contributed by atoms with Gasteiger partial charge in [-0.25, -0.2) is 4.79 Å². The fourth-order valence-corrected chi connectivity index (χ4v) is 3.67. The first-order valence-electron chi connectivity index (χ1n) is 9.59. The lowest BCUT2D eigenvalue weighted by Crippen LogP contribution is -2.37. The van der Waals surface area contributed by atoms with Crippen molar-refractivity contribution >= 4 is 28.0 Å². The second kappa shape index (κ2) is 7.46. The normalized spacial score (nSPS) is 11.4. The quantitative estimate of drug-likeness (QED) is 0.472. The van der Waals surface area contributed by atoms with E-state index in [4.69, 9.17) is 0 Å². The topological polar surface area (TPSA) is 89.6 Å². The minimum Gasteiger partial charge on any atom is -0.361 e. The highest BCUT2D eigenvalue weighted by atomic mass is 16.2. The highest BCUT2D eigenvalue weighted by Crippen LogP contribution is 2.19. The van der Waals surface area contributed by atoms with Crippen LogP contribution in [0.2, 0.25) is 0 Å². The Morgan fingerprint density at radius 3 is 2.79 bits per heavy atom. The van der Waals surface area contributed by atoms with Crippen LogP contribution in [0.15, 0.2) is 52.7 Å². The number of imidazole rings is 1. The predicted octanol–water partition coefficient (Wildman–Crippen LogP) is 2.15. The number of hydrogen-bond donors (Lipinski definition) is 2. The maximum Gasteiger partial charge on any atom is 0.332 e. The fourth-order valence-electron chi connectivity index (χ4n) is 3.67. The van der Waals surface area contributed by atoms with Crippen molar-refractivity contribution in [2.24, 2.45) is 14.1 Å². The van der Waals surface area contributed by atoms with Gasteiger partial charge in [-0.05, 0) is 24.5 Å². The van der Waals surface area contributed by atoms with Crippen LogP contribution >= 0.6 is 0 Å². The number of allylic oxidation sites excluding steroid dienone is 1. The lowest BCUT2D eigenvalue weighted by Gasteiger charge is -2.10. The van der Waals surface area contributed by atoms with Crippen molar-refractivity contribution in [3.63, 3.8) is 0 Å². The number of nitrogens with one attached hydrogen (secondary N) is 2. The molecule has 2 N–H and O–H groups in total. The summed E-state index contributed by atoms with van der Waals surface area (Å²) in [5.74, 6) is 0.583. The zero-order chi connectivity index (χ0) is 20.5. The molecule has 29 heavy (non-hydrogen) atoms. The van der Waals surface area contributed by atoms with Gasteiger partial charge in [-0.2, -0.15) is 4.98 Å². The zero-order valence-electron chi connectivity index (χ0n) is 16.6. The second-order valence-electron chi connectivity index (χ2n) is 7.08. The molecular formula is C21H24N6O2. The number of para-hydroxylation sites is 1. The summed E-state index contributed by atoms with van der Waals surface area (Å²) in [7, 11) is 3.11. The van der Waals surface area contributed by atoms with Crippen LogP contribution in [0.1, 0.15) is 12.0 Å². The summed E-state index contributed by atoms with van der Waals surface area (Å²) in [5, 5.41) is 4.55. The highest BCUT2D eigenvalue weighted by molar-refractivity contribution is 5.83. The Labute approximate surface area is 167 Å². The van der Waals surface area contributed by atoms with Gasteiger partial charge >= 0.3 is 5.69 Å². The van der Waals surface area contributed by atoms with Gasteiger partial charge in [0.05, 0.1) is 0 Å². The number of anilines is 1. The molecular weight excluding hydrogens is 368 g/mol. The van der Waals surface area contributed by atoms with Crippen molar-refractivity contribution < 1.29 is 0 Å². The Morgan fingerprint density at radius 1 is 1.21 bits per heavy atom. The van der Waals surface area contributed by atoms with Crippen LogP contribution in [-0.2, 0) is 27.1 Å². The molecule has 0 atom stereocenters. The highest BCUT2D eigenvalue weighted by Gasteiger charge is 2.18. The van der Waals surface area contributed by atoms with Gasteiger partial charge in [-0.1, -0.05) is 24.3 Å². The summed E-state index contributed by atoms with van der Waals surface area (Å²) in [6, 6.07) is 8.18. The van der Waals surface area contributed by atoms with Crippen LogP contribution in [0.4, 0.5) is 5.95 Å². The van der Waals surface area contributed by atoms with Gasteiger partial charge in [0.25, 0.3) is 5.56 Å². The van der Waals surface area contributed by atoms with Crippen molar-refractivity contribution in [3.8, 4) is 0 Å². The maximum atomic E-state index is 12.7. The number of rotatable bonds is 7. The molecule has 4 aromatic rings. The molecule has 0 saturated heterocycles. The Hall–Kier alpha value is -3.55. The van der Waals surface area contributed by atoms with Crippen LogP contribution in [0.3, 0.4) is 0 Å². The number of aromatic nitrogens is 5. The van der Waals surface area contributed by atoms with E-state index in [1.807, 2.05) is 22.9 Å². The van der Waals surface area contributed by atoms with E-state index in [0.717, 1.165) is 16.5 Å². The molecule has 0 amide bonds. The summed E-state index contributed by atoms with van der Waals surface area (Å²) in [6.45, 7) is 4.97. The van der Waals surface area contributed by atoms with Gasteiger partial charge in [0, 0.05) is 44.3 Å². The number of fused-ring (bicyclic) bond motifs is 2. The minimum absolute atomic E-state index is 0.343. The summed E-state index contributed by atoms with van der Waals surface area (Å²) < 4.78 is 4.37. The number of benzene rings is 1. The average Bonchev–Trinajstić information content (AvgIpc) is 3.31. The SMILES string of the molecule is C=CCCn1c(NCCc2c[nH]c3ccccc23)nc2c1c(=O)n(C)c(=O)n2C. The molecule has 0 aliphatic rings. The Morgan fingerprint density at radius 2 is 2.00 bits per heavy atom. The predicted molar refractivity (Wildman–Crippen MR) is 116 cm³/mol. The van der Waals surface area contributed by atoms with Gasteiger partial charge in [0.2, 0.25) is 5.95 Å². The molecule has 4 rings (SSSR count). The standard InChI is InChI=1S/C21H24N6O2/c1-4-5-12-27-17-18(25(2)21(29)26(3)19(17)28)24-20(27)22-11-10-14-13-23-16-9-7-6-8-15(14)16/h4,6-9,13,23H,1,5,10-12H2,2-3H3,(H,22,24). The van der Waals surface area contributed by atoms with E-state index < -0.39 is 0 Å². The van der Waals surface area contributed by atoms with Crippen molar-refractivity contribution in [1.82, 2.24) is 23.7 Å². The summed E-state index contributed by atoms with van der Waals surface area (Å²) in [5.41, 5.74) is 2.40. The third-order valence-corrected chi connectivity index (χ3v) is 5.26. The molecule has 3 heterocycles. The van der Waals surface area contributed by atoms with E-state index >= 15 is 0 Å². The van der Waals surface area contributed by atoms with Gasteiger partial charge in [-0.3, -0.25) is 13.9 Å². The molecule has 0 saturated carbocycles. The number of aromatic amines is 1. The van der Waals surface area contributed by atoms with Crippen LogP contribution in [0.5, 0.6) is 0 Å². The Bertz CT molecular complexity index is 1320. The maximum absolute atomic E-state index is 12.7. The largest absolute Gasteiger partial charge is 0.361 e. The van der Waals surface area contributed by atoms with Crippen LogP contribution in [0, 0.1) is 0 Å². The number of hydrogen-bond acceptors (Lipinski definition) is 4. The van der Waals surface area contributed by atoms with Crippen molar-refractivity contribution in [2.45, 2.75) is 19.4 Å². The molecule has 0 aliphatic heterocycles.